The number of aliphatic hydroxyl groups excluding tert-OH is 1. The molecule has 2 aromatic carbocycles. The van der Waals surface area contributed by atoms with Crippen LogP contribution in [0.2, 0.25) is 0 Å². The molecule has 5 nitrogen and oxygen atoms in total. The summed E-state index contributed by atoms with van der Waals surface area (Å²) >= 11 is 3.87. The summed E-state index contributed by atoms with van der Waals surface area (Å²) < 4.78 is 5.72. The van der Waals surface area contributed by atoms with Gasteiger partial charge in [0.2, 0.25) is 5.91 Å². The summed E-state index contributed by atoms with van der Waals surface area (Å²) in [6.45, 7) is 1.71. The fraction of sp³-hybridized carbons (Fsp3) is 0.353. The molecule has 0 aliphatic heterocycles. The number of carbonyl (C=O) groups is 1. The molecular weight excluding hydrogens is 312 g/mol. The van der Waals surface area contributed by atoms with Crippen molar-refractivity contribution in [2.75, 3.05) is 32.0 Å². The molecule has 3 N–H and O–H groups in total. The molecule has 0 saturated carbocycles. The average Bonchev–Trinajstić information content (AvgIpc) is 2.59. The van der Waals surface area contributed by atoms with Gasteiger partial charge in [-0.15, -0.1) is 0 Å². The standard InChI is InChI=1S/C17H22N2O3S/c20-14(10-18-8-9-19-17(21)12-23)11-22-16-7-3-5-13-4-1-2-6-15(13)16/h1-7,14,18,20,23H,8-12H2,(H,19,21). The predicted octanol–water partition coefficient (Wildman–Crippen LogP) is 1.22. The molecule has 2 rings (SSSR count). The molecule has 0 heterocycles. The van der Waals surface area contributed by atoms with Crippen LogP contribution < -0.4 is 15.4 Å². The second-order valence-electron chi connectivity index (χ2n) is 5.15. The quantitative estimate of drug-likeness (QED) is 0.411. The predicted molar refractivity (Wildman–Crippen MR) is 95.2 cm³/mol. The highest BCUT2D eigenvalue weighted by Crippen LogP contribution is 2.25. The maximum absolute atomic E-state index is 11.0. The van der Waals surface area contributed by atoms with E-state index < -0.39 is 6.10 Å². The van der Waals surface area contributed by atoms with E-state index in [0.717, 1.165) is 16.5 Å². The number of thiol groups is 1. The van der Waals surface area contributed by atoms with Gasteiger partial charge in [0.15, 0.2) is 0 Å². The second-order valence-corrected chi connectivity index (χ2v) is 5.47. The lowest BCUT2D eigenvalue weighted by atomic mass is 10.1. The van der Waals surface area contributed by atoms with E-state index in [-0.39, 0.29) is 18.3 Å². The molecule has 2 aromatic rings. The van der Waals surface area contributed by atoms with Crippen LogP contribution in [-0.4, -0.2) is 49.1 Å². The van der Waals surface area contributed by atoms with E-state index in [1.807, 2.05) is 42.5 Å². The number of hydrogen-bond acceptors (Lipinski definition) is 5. The third-order valence-electron chi connectivity index (χ3n) is 3.33. The molecule has 0 bridgehead atoms. The zero-order valence-electron chi connectivity index (χ0n) is 12.9. The van der Waals surface area contributed by atoms with E-state index in [2.05, 4.69) is 23.3 Å². The Morgan fingerprint density at radius 2 is 1.96 bits per heavy atom. The third-order valence-corrected chi connectivity index (χ3v) is 3.62. The second kappa shape index (κ2) is 9.39. The van der Waals surface area contributed by atoms with Gasteiger partial charge in [-0.2, -0.15) is 12.6 Å². The van der Waals surface area contributed by atoms with Crippen molar-refractivity contribution in [3.8, 4) is 5.75 Å². The average molecular weight is 334 g/mol. The molecule has 0 radical (unpaired) electrons. The number of aliphatic hydroxyl groups is 1. The first-order valence-corrected chi connectivity index (χ1v) is 8.21. The minimum absolute atomic E-state index is 0.102. The Balaban J connectivity index is 1.71. The number of hydrogen-bond donors (Lipinski definition) is 4. The fourth-order valence-corrected chi connectivity index (χ4v) is 2.29. The minimum Gasteiger partial charge on any atom is -0.490 e. The highest BCUT2D eigenvalue weighted by atomic mass is 32.1. The van der Waals surface area contributed by atoms with Crippen molar-refractivity contribution in [2.45, 2.75) is 6.10 Å². The lowest BCUT2D eigenvalue weighted by Gasteiger charge is -2.14. The van der Waals surface area contributed by atoms with E-state index in [1.165, 1.54) is 0 Å². The molecule has 0 fully saturated rings. The smallest absolute Gasteiger partial charge is 0.229 e. The first-order chi connectivity index (χ1) is 11.2. The van der Waals surface area contributed by atoms with Gasteiger partial charge in [-0.3, -0.25) is 4.79 Å². The van der Waals surface area contributed by atoms with E-state index in [9.17, 15) is 9.90 Å². The van der Waals surface area contributed by atoms with E-state index in [1.54, 1.807) is 0 Å². The number of amides is 1. The van der Waals surface area contributed by atoms with Crippen molar-refractivity contribution in [2.24, 2.45) is 0 Å². The normalized spacial score (nSPS) is 12.1. The molecule has 0 spiro atoms. The topological polar surface area (TPSA) is 70.6 Å². The zero-order chi connectivity index (χ0) is 16.5. The Hall–Kier alpha value is -1.76. The SMILES string of the molecule is O=C(CS)NCCNCC(O)COc1cccc2ccccc12. The lowest BCUT2D eigenvalue weighted by molar-refractivity contribution is -0.118. The summed E-state index contributed by atoms with van der Waals surface area (Å²) in [5, 5.41) is 17.9. The van der Waals surface area contributed by atoms with Crippen LogP contribution in [0.15, 0.2) is 42.5 Å². The number of carbonyl (C=O) groups excluding carboxylic acids is 1. The largest absolute Gasteiger partial charge is 0.490 e. The number of benzene rings is 2. The summed E-state index contributed by atoms with van der Waals surface area (Å²) in [5.74, 6) is 0.847. The van der Waals surface area contributed by atoms with Gasteiger partial charge in [0.05, 0.1) is 5.75 Å². The molecule has 6 heteroatoms. The van der Waals surface area contributed by atoms with Crippen LogP contribution in [-0.2, 0) is 4.79 Å². The molecule has 23 heavy (non-hydrogen) atoms. The van der Waals surface area contributed by atoms with Crippen LogP contribution in [0.4, 0.5) is 0 Å². The molecule has 0 aromatic heterocycles. The fourth-order valence-electron chi connectivity index (χ4n) is 2.18. The van der Waals surface area contributed by atoms with Gasteiger partial charge in [0.1, 0.15) is 18.5 Å². The van der Waals surface area contributed by atoms with Crippen LogP contribution in [0.25, 0.3) is 10.8 Å². The Morgan fingerprint density at radius 3 is 2.78 bits per heavy atom. The Morgan fingerprint density at radius 1 is 1.17 bits per heavy atom. The highest BCUT2D eigenvalue weighted by molar-refractivity contribution is 7.81. The molecule has 1 atom stereocenters. The highest BCUT2D eigenvalue weighted by Gasteiger charge is 2.07. The Bertz CT molecular complexity index is 631. The lowest BCUT2D eigenvalue weighted by Crippen LogP contribution is -2.37. The van der Waals surface area contributed by atoms with Crippen LogP contribution in [0, 0.1) is 0 Å². The maximum Gasteiger partial charge on any atom is 0.229 e. The number of rotatable bonds is 9. The Kier molecular flexibility index (Phi) is 7.19. The number of nitrogens with one attached hydrogen (secondary N) is 2. The van der Waals surface area contributed by atoms with Crippen molar-refractivity contribution in [3.63, 3.8) is 0 Å². The van der Waals surface area contributed by atoms with E-state index in [4.69, 9.17) is 4.74 Å². The van der Waals surface area contributed by atoms with Crippen LogP contribution >= 0.6 is 12.6 Å². The molecular formula is C17H22N2O3S. The Labute approximate surface area is 141 Å². The molecule has 1 amide bonds. The summed E-state index contributed by atoms with van der Waals surface area (Å²) in [6, 6.07) is 13.8. The third kappa shape index (κ3) is 5.74. The van der Waals surface area contributed by atoms with Gasteiger partial charge >= 0.3 is 0 Å². The molecule has 0 saturated heterocycles. The van der Waals surface area contributed by atoms with Crippen molar-refractivity contribution in [3.05, 3.63) is 42.5 Å². The van der Waals surface area contributed by atoms with E-state index >= 15 is 0 Å². The first-order valence-electron chi connectivity index (χ1n) is 7.57. The van der Waals surface area contributed by atoms with Crippen LogP contribution in [0.1, 0.15) is 0 Å². The van der Waals surface area contributed by atoms with Gasteiger partial charge in [0, 0.05) is 25.0 Å². The van der Waals surface area contributed by atoms with Crippen molar-refractivity contribution in [1.82, 2.24) is 10.6 Å². The van der Waals surface area contributed by atoms with Crippen molar-refractivity contribution in [1.29, 1.82) is 0 Å². The maximum atomic E-state index is 11.0. The van der Waals surface area contributed by atoms with Crippen LogP contribution in [0.5, 0.6) is 5.75 Å². The number of ether oxygens (including phenoxy) is 1. The molecule has 124 valence electrons. The minimum atomic E-state index is -0.616. The monoisotopic (exact) mass is 334 g/mol. The van der Waals surface area contributed by atoms with Crippen molar-refractivity contribution >= 4 is 29.3 Å². The van der Waals surface area contributed by atoms with E-state index in [0.29, 0.717) is 19.6 Å². The van der Waals surface area contributed by atoms with Gasteiger partial charge in [-0.25, -0.2) is 0 Å². The molecule has 1 unspecified atom stereocenters. The first kappa shape index (κ1) is 17.6. The summed E-state index contributed by atoms with van der Waals surface area (Å²) in [6.07, 6.45) is -0.616. The van der Waals surface area contributed by atoms with Gasteiger partial charge < -0.3 is 20.5 Å². The zero-order valence-corrected chi connectivity index (χ0v) is 13.8. The van der Waals surface area contributed by atoms with Crippen LogP contribution in [0.3, 0.4) is 0 Å². The van der Waals surface area contributed by atoms with Gasteiger partial charge in [-0.1, -0.05) is 36.4 Å². The van der Waals surface area contributed by atoms with Gasteiger partial charge in [0.25, 0.3) is 0 Å². The van der Waals surface area contributed by atoms with Crippen molar-refractivity contribution < 1.29 is 14.6 Å². The summed E-state index contributed by atoms with van der Waals surface area (Å²) in [4.78, 5) is 11.0. The summed E-state index contributed by atoms with van der Waals surface area (Å²) in [5.41, 5.74) is 0. The molecule has 0 aliphatic rings. The number of fused-ring (bicyclic) bond motifs is 1. The van der Waals surface area contributed by atoms with Gasteiger partial charge in [-0.05, 0) is 11.5 Å². The summed E-state index contributed by atoms with van der Waals surface area (Å²) in [7, 11) is 0. The molecule has 0 aliphatic carbocycles.